The van der Waals surface area contributed by atoms with Crippen LogP contribution in [0, 0.1) is 0 Å². The van der Waals surface area contributed by atoms with Gasteiger partial charge in [-0.1, -0.05) is 23.5 Å². The van der Waals surface area contributed by atoms with Gasteiger partial charge in [-0.25, -0.2) is 4.98 Å². The smallest absolute Gasteiger partial charge is 0.181 e. The second kappa shape index (κ2) is 6.13. The maximum absolute atomic E-state index is 5.76. The van der Waals surface area contributed by atoms with Gasteiger partial charge in [0.1, 0.15) is 0 Å². The molecule has 3 nitrogen and oxygen atoms in total. The zero-order valence-corrected chi connectivity index (χ0v) is 13.9. The second-order valence-electron chi connectivity index (χ2n) is 5.40. The van der Waals surface area contributed by atoms with E-state index in [9.17, 15) is 0 Å². The van der Waals surface area contributed by atoms with Crippen LogP contribution in [0.4, 0.5) is 5.13 Å². The summed E-state index contributed by atoms with van der Waals surface area (Å²) in [6.45, 7) is 3.23. The monoisotopic (exact) mass is 317 g/mol. The molecule has 0 bridgehead atoms. The van der Waals surface area contributed by atoms with Crippen LogP contribution in [0.25, 0.3) is 10.2 Å². The highest BCUT2D eigenvalue weighted by Gasteiger charge is 2.12. The minimum Gasteiger partial charge on any atom is -0.375 e. The molecule has 3 rings (SSSR count). The zero-order valence-electron chi connectivity index (χ0n) is 12.2. The molecule has 5 heteroatoms. The molecule has 2 heterocycles. The molecule has 0 spiro atoms. The molecule has 1 atom stereocenters. The summed E-state index contributed by atoms with van der Waals surface area (Å²) in [4.78, 5) is 8.14. The fourth-order valence-corrected chi connectivity index (χ4v) is 4.03. The number of aromatic nitrogens is 1. The Morgan fingerprint density at radius 1 is 1.33 bits per heavy atom. The molecule has 110 valence electrons. The number of rotatable bonds is 5. The number of nitrogen functional groups attached to an aromatic ring is 1. The molecule has 0 aliphatic heterocycles. The van der Waals surface area contributed by atoms with Gasteiger partial charge in [0.05, 0.1) is 10.2 Å². The van der Waals surface area contributed by atoms with Gasteiger partial charge in [-0.3, -0.25) is 4.90 Å². The van der Waals surface area contributed by atoms with Crippen molar-refractivity contribution in [2.45, 2.75) is 25.9 Å². The molecule has 0 fully saturated rings. The molecule has 0 aliphatic rings. The van der Waals surface area contributed by atoms with E-state index in [1.165, 1.54) is 15.1 Å². The second-order valence-corrected chi connectivity index (χ2v) is 7.50. The lowest BCUT2D eigenvalue weighted by molar-refractivity contribution is 0.249. The lowest BCUT2D eigenvalue weighted by Crippen LogP contribution is -2.30. The lowest BCUT2D eigenvalue weighted by Gasteiger charge is -2.24. The van der Waals surface area contributed by atoms with Crippen LogP contribution >= 0.6 is 22.7 Å². The van der Waals surface area contributed by atoms with Gasteiger partial charge in [-0.15, -0.1) is 11.3 Å². The lowest BCUT2D eigenvalue weighted by atomic mass is 10.1. The number of likely N-dealkylation sites (N-methyl/N-ethyl adjacent to an activating group) is 1. The highest BCUT2D eigenvalue weighted by molar-refractivity contribution is 7.22. The fraction of sp³-hybridized carbons (Fsp3) is 0.312. The number of hydrogen-bond donors (Lipinski definition) is 1. The van der Waals surface area contributed by atoms with Crippen molar-refractivity contribution in [1.82, 2.24) is 9.88 Å². The first kappa shape index (κ1) is 14.5. The van der Waals surface area contributed by atoms with Crippen molar-refractivity contribution in [3.05, 3.63) is 46.2 Å². The minimum absolute atomic E-state index is 0.519. The van der Waals surface area contributed by atoms with E-state index in [-0.39, 0.29) is 0 Å². The largest absolute Gasteiger partial charge is 0.375 e. The summed E-state index contributed by atoms with van der Waals surface area (Å²) < 4.78 is 1.17. The van der Waals surface area contributed by atoms with Gasteiger partial charge in [-0.05, 0) is 49.5 Å². The van der Waals surface area contributed by atoms with Crippen LogP contribution in [-0.4, -0.2) is 23.0 Å². The first-order valence-corrected chi connectivity index (χ1v) is 8.69. The number of nitrogens with zero attached hydrogens (tertiary/aromatic N) is 2. The summed E-state index contributed by atoms with van der Waals surface area (Å²) in [7, 11) is 2.18. The van der Waals surface area contributed by atoms with Crippen LogP contribution < -0.4 is 5.73 Å². The maximum Gasteiger partial charge on any atom is 0.181 e. The summed E-state index contributed by atoms with van der Waals surface area (Å²) in [5, 5.41) is 2.78. The maximum atomic E-state index is 5.76. The molecule has 1 aromatic carbocycles. The molecule has 0 saturated heterocycles. The third kappa shape index (κ3) is 3.43. The molecule has 2 aromatic heterocycles. The van der Waals surface area contributed by atoms with E-state index in [1.54, 1.807) is 11.3 Å². The number of nitrogens with two attached hydrogens (primary N) is 1. The Morgan fingerprint density at radius 3 is 2.95 bits per heavy atom. The first-order chi connectivity index (χ1) is 10.1. The van der Waals surface area contributed by atoms with E-state index in [0.29, 0.717) is 11.2 Å². The zero-order chi connectivity index (χ0) is 14.8. The number of thiazole rings is 1. The topological polar surface area (TPSA) is 42.2 Å². The average molecular weight is 317 g/mol. The van der Waals surface area contributed by atoms with Crippen LogP contribution in [0.1, 0.15) is 17.4 Å². The van der Waals surface area contributed by atoms with Gasteiger partial charge in [0.2, 0.25) is 0 Å². The van der Waals surface area contributed by atoms with E-state index < -0.39 is 0 Å². The van der Waals surface area contributed by atoms with Gasteiger partial charge >= 0.3 is 0 Å². The molecule has 0 radical (unpaired) electrons. The van der Waals surface area contributed by atoms with E-state index in [2.05, 4.69) is 59.6 Å². The van der Waals surface area contributed by atoms with Gasteiger partial charge in [0, 0.05) is 17.5 Å². The quantitative estimate of drug-likeness (QED) is 0.773. The number of fused-ring (bicyclic) bond motifs is 1. The van der Waals surface area contributed by atoms with Crippen molar-refractivity contribution in [2.75, 3.05) is 12.8 Å². The van der Waals surface area contributed by atoms with Gasteiger partial charge < -0.3 is 5.73 Å². The van der Waals surface area contributed by atoms with Crippen molar-refractivity contribution in [2.24, 2.45) is 0 Å². The van der Waals surface area contributed by atoms with Crippen LogP contribution in [0.15, 0.2) is 35.7 Å². The summed E-state index contributed by atoms with van der Waals surface area (Å²) in [5.74, 6) is 0. The molecule has 2 N–H and O–H groups in total. The van der Waals surface area contributed by atoms with Crippen LogP contribution in [0.5, 0.6) is 0 Å². The highest BCUT2D eigenvalue weighted by Crippen LogP contribution is 2.25. The summed E-state index contributed by atoms with van der Waals surface area (Å²) in [6, 6.07) is 11.3. The summed E-state index contributed by atoms with van der Waals surface area (Å²) in [5.41, 5.74) is 8.07. The molecule has 0 saturated carbocycles. The number of hydrogen-bond acceptors (Lipinski definition) is 5. The van der Waals surface area contributed by atoms with Crippen molar-refractivity contribution in [3.63, 3.8) is 0 Å². The van der Waals surface area contributed by atoms with Gasteiger partial charge in [-0.2, -0.15) is 0 Å². The Labute approximate surface area is 133 Å². The average Bonchev–Trinajstić information content (AvgIpc) is 3.06. The predicted octanol–water partition coefficient (Wildman–Crippen LogP) is 4.00. The van der Waals surface area contributed by atoms with Gasteiger partial charge in [0.15, 0.2) is 5.13 Å². The number of benzene rings is 1. The van der Waals surface area contributed by atoms with E-state index in [1.807, 2.05) is 11.3 Å². The molecule has 3 aromatic rings. The third-order valence-corrected chi connectivity index (χ3v) is 5.48. The summed E-state index contributed by atoms with van der Waals surface area (Å²) in [6.07, 6.45) is 1.10. The standard InChI is InChI=1S/C16H19N3S2/c1-11(8-13-4-3-7-20-13)19(2)10-12-5-6-14-15(9-12)21-16(17)18-14/h3-7,9,11H,8,10H2,1-2H3,(H2,17,18). The van der Waals surface area contributed by atoms with E-state index in [4.69, 9.17) is 5.73 Å². The Balaban J connectivity index is 1.68. The van der Waals surface area contributed by atoms with Crippen molar-refractivity contribution >= 4 is 38.0 Å². The van der Waals surface area contributed by atoms with Crippen LogP contribution in [0.2, 0.25) is 0 Å². The SMILES string of the molecule is CC(Cc1cccs1)N(C)Cc1ccc2nc(N)sc2c1. The van der Waals surface area contributed by atoms with E-state index in [0.717, 1.165) is 18.5 Å². The van der Waals surface area contributed by atoms with E-state index >= 15 is 0 Å². The van der Waals surface area contributed by atoms with Crippen molar-refractivity contribution < 1.29 is 0 Å². The highest BCUT2D eigenvalue weighted by atomic mass is 32.1. The predicted molar refractivity (Wildman–Crippen MR) is 93.0 cm³/mol. The first-order valence-electron chi connectivity index (χ1n) is 6.99. The Kier molecular flexibility index (Phi) is 4.24. The van der Waals surface area contributed by atoms with Gasteiger partial charge in [0.25, 0.3) is 0 Å². The third-order valence-electron chi connectivity index (χ3n) is 3.73. The normalized spacial score (nSPS) is 13.1. The van der Waals surface area contributed by atoms with Crippen LogP contribution in [-0.2, 0) is 13.0 Å². The Morgan fingerprint density at radius 2 is 2.19 bits per heavy atom. The molecule has 0 amide bonds. The minimum atomic E-state index is 0.519. The van der Waals surface area contributed by atoms with Crippen molar-refractivity contribution in [1.29, 1.82) is 0 Å². The molecule has 0 aliphatic carbocycles. The van der Waals surface area contributed by atoms with Crippen LogP contribution in [0.3, 0.4) is 0 Å². The fourth-order valence-electron chi connectivity index (χ4n) is 2.40. The van der Waals surface area contributed by atoms with Crippen molar-refractivity contribution in [3.8, 4) is 0 Å². The Hall–Kier alpha value is -1.43. The Bertz CT molecular complexity index is 718. The number of thiophene rings is 1. The molecular weight excluding hydrogens is 298 g/mol. The number of anilines is 1. The molecule has 1 unspecified atom stereocenters. The molecular formula is C16H19N3S2. The molecule has 21 heavy (non-hydrogen) atoms. The summed E-state index contributed by atoms with van der Waals surface area (Å²) >= 11 is 3.39.